The van der Waals surface area contributed by atoms with Crippen molar-refractivity contribution in [1.29, 1.82) is 0 Å². The van der Waals surface area contributed by atoms with Gasteiger partial charge >= 0.3 is 0 Å². The zero-order valence-electron chi connectivity index (χ0n) is 22.6. The minimum Gasteiger partial charge on any atom is -0.489 e. The summed E-state index contributed by atoms with van der Waals surface area (Å²) in [6.07, 6.45) is 6.25. The second-order valence-electron chi connectivity index (χ2n) is 10.5. The van der Waals surface area contributed by atoms with Crippen LogP contribution in [0.1, 0.15) is 50.6 Å². The van der Waals surface area contributed by atoms with Crippen molar-refractivity contribution in [2.45, 2.75) is 51.7 Å². The van der Waals surface area contributed by atoms with E-state index in [-0.39, 0.29) is 5.91 Å². The number of carbonyl (C=O) groups excluding carboxylic acids is 1. The summed E-state index contributed by atoms with van der Waals surface area (Å²) in [7, 11) is 0. The first-order valence-electron chi connectivity index (χ1n) is 13.9. The summed E-state index contributed by atoms with van der Waals surface area (Å²) in [6, 6.07) is 30.8. The molecule has 1 amide bonds. The van der Waals surface area contributed by atoms with Gasteiger partial charge in [-0.3, -0.25) is 4.79 Å². The van der Waals surface area contributed by atoms with Gasteiger partial charge in [0.15, 0.2) is 0 Å². The smallest absolute Gasteiger partial charge is 0.221 e. The van der Waals surface area contributed by atoms with E-state index in [2.05, 4.69) is 46.3 Å². The zero-order valence-corrected chi connectivity index (χ0v) is 23.3. The minimum absolute atomic E-state index is 0.110. The fourth-order valence-corrected chi connectivity index (χ4v) is 5.85. The third-order valence-corrected chi connectivity index (χ3v) is 7.88. The molecule has 1 aliphatic rings. The molecule has 40 heavy (non-hydrogen) atoms. The molecule has 0 aliphatic heterocycles. The number of amides is 1. The largest absolute Gasteiger partial charge is 0.489 e. The quantitative estimate of drug-likeness (QED) is 0.220. The number of benzene rings is 4. The van der Waals surface area contributed by atoms with E-state index in [0.717, 1.165) is 45.0 Å². The number of anilines is 1. The molecule has 6 rings (SSSR count). The molecule has 1 aromatic heterocycles. The Hall–Kier alpha value is -4.09. The van der Waals surface area contributed by atoms with E-state index in [1.54, 1.807) is 0 Å². The highest BCUT2D eigenvalue weighted by Gasteiger charge is 2.22. The highest BCUT2D eigenvalue weighted by molar-refractivity contribution is 6.30. The molecule has 1 N–H and O–H groups in total. The Bertz CT molecular complexity index is 1630. The van der Waals surface area contributed by atoms with Gasteiger partial charge in [-0.2, -0.15) is 0 Å². The lowest BCUT2D eigenvalue weighted by Gasteiger charge is -2.25. The molecule has 0 spiro atoms. The van der Waals surface area contributed by atoms with Gasteiger partial charge in [0.25, 0.3) is 0 Å². The summed E-state index contributed by atoms with van der Waals surface area (Å²) < 4.78 is 8.72. The molecule has 0 atom stereocenters. The average molecular weight is 550 g/mol. The summed E-state index contributed by atoms with van der Waals surface area (Å²) in [4.78, 5) is 16.7. The maximum atomic E-state index is 11.7. The lowest BCUT2D eigenvalue weighted by atomic mass is 9.95. The molecule has 6 heteroatoms. The summed E-state index contributed by atoms with van der Waals surface area (Å²) in [6.45, 7) is 1.86. The van der Waals surface area contributed by atoms with Crippen LogP contribution in [-0.4, -0.2) is 15.5 Å². The number of halogens is 1. The number of hydrogen-bond donors (Lipinski definition) is 1. The predicted octanol–water partition coefficient (Wildman–Crippen LogP) is 9.07. The van der Waals surface area contributed by atoms with Gasteiger partial charge in [0.2, 0.25) is 5.91 Å². The number of carbonyl (C=O) groups is 1. The second-order valence-corrected chi connectivity index (χ2v) is 10.9. The first-order chi connectivity index (χ1) is 19.5. The van der Waals surface area contributed by atoms with Crippen LogP contribution in [0.5, 0.6) is 5.75 Å². The Morgan fingerprint density at radius 2 is 1.65 bits per heavy atom. The minimum atomic E-state index is -0.110. The summed E-state index contributed by atoms with van der Waals surface area (Å²) in [5, 5.41) is 3.56. The van der Waals surface area contributed by atoms with Crippen molar-refractivity contribution in [2.75, 3.05) is 5.32 Å². The van der Waals surface area contributed by atoms with Crippen molar-refractivity contribution in [2.24, 2.45) is 0 Å². The highest BCUT2D eigenvalue weighted by atomic mass is 35.5. The molecule has 0 bridgehead atoms. The number of ether oxygens (including phenoxy) is 1. The van der Waals surface area contributed by atoms with Crippen molar-refractivity contribution in [3.8, 4) is 28.3 Å². The van der Waals surface area contributed by atoms with Gasteiger partial charge in [0.05, 0.1) is 11.0 Å². The van der Waals surface area contributed by atoms with Crippen LogP contribution in [-0.2, 0) is 11.4 Å². The number of hydrogen-bond acceptors (Lipinski definition) is 3. The fourth-order valence-electron chi connectivity index (χ4n) is 5.72. The number of imidazole rings is 1. The molecule has 5 aromatic rings. The molecule has 1 heterocycles. The highest BCUT2D eigenvalue weighted by Crippen LogP contribution is 2.36. The van der Waals surface area contributed by atoms with E-state index in [9.17, 15) is 4.79 Å². The van der Waals surface area contributed by atoms with Crippen molar-refractivity contribution in [3.63, 3.8) is 0 Å². The number of aromatic nitrogens is 2. The molecule has 0 unspecified atom stereocenters. The van der Waals surface area contributed by atoms with Gasteiger partial charge in [0.1, 0.15) is 18.2 Å². The maximum absolute atomic E-state index is 11.7. The van der Waals surface area contributed by atoms with E-state index >= 15 is 0 Å². The predicted molar refractivity (Wildman–Crippen MR) is 163 cm³/mol. The number of nitrogens with zero attached hydrogens (tertiary/aromatic N) is 2. The van der Waals surface area contributed by atoms with E-state index in [1.165, 1.54) is 44.5 Å². The van der Waals surface area contributed by atoms with Gasteiger partial charge in [-0.1, -0.05) is 61.2 Å². The number of rotatable bonds is 7. The topological polar surface area (TPSA) is 56.1 Å². The Morgan fingerprint density at radius 1 is 0.925 bits per heavy atom. The van der Waals surface area contributed by atoms with Gasteiger partial charge in [0, 0.05) is 29.2 Å². The lowest BCUT2D eigenvalue weighted by Crippen LogP contribution is -2.13. The van der Waals surface area contributed by atoms with E-state index in [4.69, 9.17) is 21.3 Å². The van der Waals surface area contributed by atoms with Gasteiger partial charge in [-0.05, 0) is 90.2 Å². The maximum Gasteiger partial charge on any atom is 0.221 e. The van der Waals surface area contributed by atoms with Crippen LogP contribution in [0.4, 0.5) is 5.69 Å². The summed E-state index contributed by atoms with van der Waals surface area (Å²) >= 11 is 6.12. The number of para-hydroxylation sites is 2. The van der Waals surface area contributed by atoms with Crippen LogP contribution in [0.3, 0.4) is 0 Å². The van der Waals surface area contributed by atoms with E-state index < -0.39 is 0 Å². The van der Waals surface area contributed by atoms with Gasteiger partial charge in [-0.25, -0.2) is 4.98 Å². The van der Waals surface area contributed by atoms with Crippen LogP contribution >= 0.6 is 11.6 Å². The molecule has 1 saturated carbocycles. The van der Waals surface area contributed by atoms with Crippen molar-refractivity contribution in [1.82, 2.24) is 9.55 Å². The van der Waals surface area contributed by atoms with Crippen LogP contribution < -0.4 is 10.1 Å². The van der Waals surface area contributed by atoms with Crippen LogP contribution in [0.2, 0.25) is 5.02 Å². The Kier molecular flexibility index (Phi) is 7.56. The first-order valence-corrected chi connectivity index (χ1v) is 14.3. The molecule has 0 radical (unpaired) electrons. The number of nitrogens with one attached hydrogen (secondary N) is 1. The molecule has 4 aromatic carbocycles. The average Bonchev–Trinajstić information content (AvgIpc) is 3.37. The monoisotopic (exact) mass is 549 g/mol. The standard InChI is InChI=1S/C34H32ClN3O2/c1-23(39)36-28-17-20-31(24-11-15-27(35)16-12-24)26(21-28)22-40-30-18-13-25(14-19-30)34-37-32-9-5-6-10-33(32)38(34)29-7-3-2-4-8-29/h5-6,9-21,29H,2-4,7-8,22H2,1H3,(H,36,39). The molecular formula is C34H32ClN3O2. The molecule has 1 fully saturated rings. The molecule has 0 saturated heterocycles. The Balaban J connectivity index is 1.27. The van der Waals surface area contributed by atoms with Gasteiger partial charge < -0.3 is 14.6 Å². The lowest BCUT2D eigenvalue weighted by molar-refractivity contribution is -0.114. The molecule has 202 valence electrons. The van der Waals surface area contributed by atoms with Crippen molar-refractivity contribution >= 4 is 34.2 Å². The third-order valence-electron chi connectivity index (χ3n) is 7.62. The summed E-state index contributed by atoms with van der Waals surface area (Å²) in [5.41, 5.74) is 7.11. The third kappa shape index (κ3) is 5.61. The van der Waals surface area contributed by atoms with Crippen molar-refractivity contribution in [3.05, 3.63) is 102 Å². The molecule has 5 nitrogen and oxygen atoms in total. The van der Waals surface area contributed by atoms with Crippen LogP contribution in [0.15, 0.2) is 91.0 Å². The van der Waals surface area contributed by atoms with Crippen LogP contribution in [0.25, 0.3) is 33.5 Å². The normalized spacial score (nSPS) is 13.8. The second kappa shape index (κ2) is 11.6. The zero-order chi connectivity index (χ0) is 27.5. The molecular weight excluding hydrogens is 518 g/mol. The first kappa shape index (κ1) is 26.1. The Labute approximate surface area is 239 Å². The van der Waals surface area contributed by atoms with E-state index in [1.807, 2.05) is 54.6 Å². The SMILES string of the molecule is CC(=O)Nc1ccc(-c2ccc(Cl)cc2)c(COc2ccc(-c3nc4ccccc4n3C3CCCCC3)cc2)c1. The number of fused-ring (bicyclic) bond motifs is 1. The Morgan fingerprint density at radius 3 is 2.40 bits per heavy atom. The van der Waals surface area contributed by atoms with Crippen LogP contribution in [0, 0.1) is 0 Å². The van der Waals surface area contributed by atoms with Crippen molar-refractivity contribution < 1.29 is 9.53 Å². The fraction of sp³-hybridized carbons (Fsp3) is 0.235. The van der Waals surface area contributed by atoms with Gasteiger partial charge in [-0.15, -0.1) is 0 Å². The molecule has 1 aliphatic carbocycles. The summed E-state index contributed by atoms with van der Waals surface area (Å²) in [5.74, 6) is 1.68. The van der Waals surface area contributed by atoms with E-state index in [0.29, 0.717) is 17.7 Å².